The normalized spacial score (nSPS) is 12.2. The van der Waals surface area contributed by atoms with Gasteiger partial charge in [-0.05, 0) is 36.8 Å². The van der Waals surface area contributed by atoms with E-state index >= 15 is 0 Å². The molecule has 1 aromatic carbocycles. The van der Waals surface area contributed by atoms with E-state index in [1.54, 1.807) is 25.1 Å². The maximum atomic E-state index is 13.5. The van der Waals surface area contributed by atoms with Crippen LogP contribution in [0.2, 0.25) is 0 Å². The van der Waals surface area contributed by atoms with Gasteiger partial charge in [-0.15, -0.1) is 0 Å². The molecule has 1 heterocycles. The zero-order valence-corrected chi connectivity index (χ0v) is 11.2. The van der Waals surface area contributed by atoms with Crippen LogP contribution in [0.3, 0.4) is 0 Å². The zero-order chi connectivity index (χ0) is 13.1. The number of aliphatic hydroxyl groups is 1. The van der Waals surface area contributed by atoms with Crippen LogP contribution >= 0.6 is 15.9 Å². The molecule has 94 valence electrons. The fourth-order valence-electron chi connectivity index (χ4n) is 1.41. The number of aromatic nitrogens is 1. The lowest BCUT2D eigenvalue weighted by atomic mass is 10.2. The maximum absolute atomic E-state index is 13.5. The molecule has 0 saturated heterocycles. The summed E-state index contributed by atoms with van der Waals surface area (Å²) in [5.74, 6) is -0.146. The Kier molecular flexibility index (Phi) is 3.93. The number of benzene rings is 1. The van der Waals surface area contributed by atoms with Gasteiger partial charge < -0.3 is 9.84 Å². The number of hydrogen-bond donors (Lipinski definition) is 1. The fourth-order valence-corrected chi connectivity index (χ4v) is 1.75. The van der Waals surface area contributed by atoms with E-state index in [1.165, 1.54) is 18.3 Å². The number of nitrogens with zero attached hydrogens (tertiary/aromatic N) is 1. The summed E-state index contributed by atoms with van der Waals surface area (Å²) < 4.78 is 19.6. The van der Waals surface area contributed by atoms with E-state index in [0.717, 1.165) is 0 Å². The Morgan fingerprint density at radius 2 is 2.11 bits per heavy atom. The monoisotopic (exact) mass is 311 g/mol. The van der Waals surface area contributed by atoms with Crippen LogP contribution in [-0.2, 0) is 0 Å². The fraction of sp³-hybridized carbons (Fsp3) is 0.154. The Bertz CT molecular complexity index is 560. The third-order valence-electron chi connectivity index (χ3n) is 2.35. The summed E-state index contributed by atoms with van der Waals surface area (Å²) in [5.41, 5.74) is 0.662. The molecule has 3 nitrogen and oxygen atoms in total. The van der Waals surface area contributed by atoms with Crippen molar-refractivity contribution in [3.63, 3.8) is 0 Å². The van der Waals surface area contributed by atoms with Gasteiger partial charge in [-0.3, -0.25) is 0 Å². The molecule has 0 amide bonds. The molecule has 0 radical (unpaired) electrons. The topological polar surface area (TPSA) is 42.4 Å². The van der Waals surface area contributed by atoms with Gasteiger partial charge >= 0.3 is 0 Å². The highest BCUT2D eigenvalue weighted by Crippen LogP contribution is 2.27. The maximum Gasteiger partial charge on any atom is 0.219 e. The number of rotatable bonds is 3. The van der Waals surface area contributed by atoms with Crippen LogP contribution in [-0.4, -0.2) is 10.1 Å². The first-order chi connectivity index (χ1) is 8.56. The van der Waals surface area contributed by atoms with Crippen molar-refractivity contribution >= 4 is 15.9 Å². The minimum atomic E-state index is -0.622. The second-order valence-electron chi connectivity index (χ2n) is 3.78. The summed E-state index contributed by atoms with van der Waals surface area (Å²) >= 11 is 3.24. The largest absolute Gasteiger partial charge is 0.436 e. The number of pyridine rings is 1. The van der Waals surface area contributed by atoms with Gasteiger partial charge in [-0.2, -0.15) is 0 Å². The average molecular weight is 312 g/mol. The van der Waals surface area contributed by atoms with Crippen molar-refractivity contribution in [1.29, 1.82) is 0 Å². The molecule has 18 heavy (non-hydrogen) atoms. The lowest BCUT2D eigenvalue weighted by molar-refractivity contribution is 0.198. The third kappa shape index (κ3) is 3.05. The second-order valence-corrected chi connectivity index (χ2v) is 4.70. The highest BCUT2D eigenvalue weighted by Gasteiger charge is 2.08. The van der Waals surface area contributed by atoms with E-state index < -0.39 is 11.9 Å². The van der Waals surface area contributed by atoms with E-state index in [2.05, 4.69) is 20.9 Å². The van der Waals surface area contributed by atoms with E-state index in [-0.39, 0.29) is 11.6 Å². The highest BCUT2D eigenvalue weighted by atomic mass is 79.9. The van der Waals surface area contributed by atoms with Gasteiger partial charge in [-0.1, -0.05) is 15.9 Å². The summed E-state index contributed by atoms with van der Waals surface area (Å²) in [6, 6.07) is 7.66. The minimum Gasteiger partial charge on any atom is -0.436 e. The Labute approximate surface area is 112 Å². The van der Waals surface area contributed by atoms with Crippen LogP contribution in [0.1, 0.15) is 18.6 Å². The number of hydrogen-bond acceptors (Lipinski definition) is 3. The minimum absolute atomic E-state index is 0.0830. The van der Waals surface area contributed by atoms with E-state index in [9.17, 15) is 9.50 Å². The highest BCUT2D eigenvalue weighted by molar-refractivity contribution is 9.10. The van der Waals surface area contributed by atoms with Crippen LogP contribution in [0.25, 0.3) is 0 Å². The molecule has 0 aliphatic carbocycles. The quantitative estimate of drug-likeness (QED) is 0.936. The van der Waals surface area contributed by atoms with E-state index in [1.807, 2.05) is 0 Å². The molecule has 2 rings (SSSR count). The lowest BCUT2D eigenvalue weighted by Gasteiger charge is -2.09. The van der Waals surface area contributed by atoms with Gasteiger partial charge in [0.25, 0.3) is 0 Å². The van der Waals surface area contributed by atoms with Gasteiger partial charge in [0, 0.05) is 16.7 Å². The molecule has 0 fully saturated rings. The molecule has 1 aromatic heterocycles. The van der Waals surface area contributed by atoms with Gasteiger partial charge in [0.1, 0.15) is 0 Å². The molecule has 0 aliphatic rings. The second kappa shape index (κ2) is 5.46. The first-order valence-electron chi connectivity index (χ1n) is 5.33. The summed E-state index contributed by atoms with van der Waals surface area (Å²) in [4.78, 5) is 3.97. The molecular formula is C13H11BrFNO2. The predicted octanol–water partition coefficient (Wildman–Crippen LogP) is 3.83. The van der Waals surface area contributed by atoms with Gasteiger partial charge in [0.2, 0.25) is 5.88 Å². The standard InChI is InChI=1S/C13H11BrFNO2/c1-8(17)9-4-5-16-13(6-9)18-12-7-10(14)2-3-11(12)15/h2-8,17H,1H3/t8-/m0/s1. The Morgan fingerprint density at radius 3 is 2.83 bits per heavy atom. The molecule has 0 bridgehead atoms. The predicted molar refractivity (Wildman–Crippen MR) is 69.0 cm³/mol. The van der Waals surface area contributed by atoms with Crippen molar-refractivity contribution in [3.8, 4) is 11.6 Å². The van der Waals surface area contributed by atoms with E-state index in [4.69, 9.17) is 4.74 Å². The summed E-state index contributed by atoms with van der Waals surface area (Å²) in [5, 5.41) is 9.45. The Morgan fingerprint density at radius 1 is 1.33 bits per heavy atom. The average Bonchev–Trinajstić information content (AvgIpc) is 2.34. The van der Waals surface area contributed by atoms with Crippen molar-refractivity contribution in [2.75, 3.05) is 0 Å². The number of halogens is 2. The van der Waals surface area contributed by atoms with Crippen molar-refractivity contribution in [1.82, 2.24) is 4.98 Å². The Hall–Kier alpha value is -1.46. The molecule has 0 saturated carbocycles. The molecule has 2 aromatic rings. The molecule has 0 spiro atoms. The van der Waals surface area contributed by atoms with Crippen molar-refractivity contribution in [2.45, 2.75) is 13.0 Å². The van der Waals surface area contributed by atoms with E-state index in [0.29, 0.717) is 10.0 Å². The third-order valence-corrected chi connectivity index (χ3v) is 2.84. The van der Waals surface area contributed by atoms with Crippen LogP contribution in [0.15, 0.2) is 41.0 Å². The summed E-state index contributed by atoms with van der Waals surface area (Å²) in [6.07, 6.45) is 0.885. The van der Waals surface area contributed by atoms with Crippen LogP contribution in [0, 0.1) is 5.82 Å². The van der Waals surface area contributed by atoms with Crippen LogP contribution < -0.4 is 4.74 Å². The molecule has 0 aliphatic heterocycles. The van der Waals surface area contributed by atoms with Gasteiger partial charge in [-0.25, -0.2) is 9.37 Å². The first-order valence-corrected chi connectivity index (χ1v) is 6.12. The van der Waals surface area contributed by atoms with Crippen LogP contribution in [0.5, 0.6) is 11.6 Å². The van der Waals surface area contributed by atoms with Crippen LogP contribution in [0.4, 0.5) is 4.39 Å². The smallest absolute Gasteiger partial charge is 0.219 e. The SMILES string of the molecule is C[C@H](O)c1ccnc(Oc2cc(Br)ccc2F)c1. The number of ether oxygens (including phenoxy) is 1. The van der Waals surface area contributed by atoms with Crippen molar-refractivity contribution in [2.24, 2.45) is 0 Å². The molecule has 5 heteroatoms. The summed E-state index contributed by atoms with van der Waals surface area (Å²) in [6.45, 7) is 1.64. The van der Waals surface area contributed by atoms with Crippen molar-refractivity contribution in [3.05, 3.63) is 52.4 Å². The summed E-state index contributed by atoms with van der Waals surface area (Å²) in [7, 11) is 0. The van der Waals surface area contributed by atoms with Crippen molar-refractivity contribution < 1.29 is 14.2 Å². The van der Waals surface area contributed by atoms with Gasteiger partial charge in [0.15, 0.2) is 11.6 Å². The first kappa shape index (κ1) is 13.0. The number of aliphatic hydroxyl groups excluding tert-OH is 1. The Balaban J connectivity index is 2.28. The molecule has 0 unspecified atom stereocenters. The lowest BCUT2D eigenvalue weighted by Crippen LogP contribution is -1.95. The molecule has 1 atom stereocenters. The molecule has 1 N–H and O–H groups in total. The molecular weight excluding hydrogens is 301 g/mol. The van der Waals surface area contributed by atoms with Gasteiger partial charge in [0.05, 0.1) is 6.10 Å². The zero-order valence-electron chi connectivity index (χ0n) is 9.60.